The Bertz CT molecular complexity index is 208. The molecule has 0 radical (unpaired) electrons. The fourth-order valence-corrected chi connectivity index (χ4v) is 6.79. The maximum atomic E-state index is 5.89. The molecule has 0 aliphatic carbocycles. The van der Waals surface area contributed by atoms with Gasteiger partial charge in [-0.2, -0.15) is 0 Å². The van der Waals surface area contributed by atoms with E-state index < -0.39 is 14.3 Å². The molecular formula is C10H19GeNO3. The van der Waals surface area contributed by atoms with E-state index in [1.54, 1.807) is 0 Å². The standard InChI is InChI=1S/C10H19GeNO3/c1-2-3-4-11-13-8-5-12(6-9-14-11)7-10-15-11/h2-3H,4-10H2,1H3/b3-2-. The summed E-state index contributed by atoms with van der Waals surface area (Å²) < 4.78 is 17.7. The molecule has 3 saturated heterocycles. The summed E-state index contributed by atoms with van der Waals surface area (Å²) in [6.45, 7) is 7.37. The summed E-state index contributed by atoms with van der Waals surface area (Å²) in [5, 5.41) is 0.858. The van der Waals surface area contributed by atoms with Crippen LogP contribution < -0.4 is 0 Å². The summed E-state index contributed by atoms with van der Waals surface area (Å²) in [7, 11) is 0. The van der Waals surface area contributed by atoms with Crippen molar-refractivity contribution in [3.05, 3.63) is 12.2 Å². The van der Waals surface area contributed by atoms with Crippen molar-refractivity contribution in [3.8, 4) is 0 Å². The Morgan fingerprint density at radius 1 is 1.07 bits per heavy atom. The molecule has 0 N–H and O–H groups in total. The number of hydrogen-bond donors (Lipinski definition) is 0. The third-order valence-electron chi connectivity index (χ3n) is 2.79. The van der Waals surface area contributed by atoms with Gasteiger partial charge in [-0.1, -0.05) is 0 Å². The van der Waals surface area contributed by atoms with Crippen LogP contribution in [0.25, 0.3) is 0 Å². The molecule has 15 heavy (non-hydrogen) atoms. The number of fused-ring (bicyclic) bond motifs is 6. The minimum atomic E-state index is -2.90. The van der Waals surface area contributed by atoms with Gasteiger partial charge >= 0.3 is 94.3 Å². The van der Waals surface area contributed by atoms with E-state index in [4.69, 9.17) is 11.3 Å². The monoisotopic (exact) mass is 275 g/mol. The molecule has 86 valence electrons. The molecule has 3 fully saturated rings. The zero-order chi connectivity index (χ0) is 10.6. The van der Waals surface area contributed by atoms with Crippen molar-refractivity contribution >= 4 is 14.3 Å². The Morgan fingerprint density at radius 2 is 1.60 bits per heavy atom. The molecular weight excluding hydrogens is 255 g/mol. The van der Waals surface area contributed by atoms with E-state index in [2.05, 4.69) is 11.0 Å². The van der Waals surface area contributed by atoms with Crippen molar-refractivity contribution in [1.82, 2.24) is 4.90 Å². The molecule has 2 bridgehead atoms. The van der Waals surface area contributed by atoms with Crippen molar-refractivity contribution in [3.63, 3.8) is 0 Å². The topological polar surface area (TPSA) is 30.9 Å². The van der Waals surface area contributed by atoms with E-state index in [1.807, 2.05) is 13.0 Å². The van der Waals surface area contributed by atoms with E-state index in [-0.39, 0.29) is 0 Å². The van der Waals surface area contributed by atoms with Crippen LogP contribution in [0.3, 0.4) is 0 Å². The van der Waals surface area contributed by atoms with Crippen LogP contribution in [0.2, 0.25) is 5.25 Å². The Labute approximate surface area is 94.6 Å². The Hall–Kier alpha value is 0.123. The molecule has 5 heteroatoms. The van der Waals surface area contributed by atoms with Crippen LogP contribution in [0.5, 0.6) is 0 Å². The first kappa shape index (κ1) is 11.6. The van der Waals surface area contributed by atoms with Crippen molar-refractivity contribution < 1.29 is 11.3 Å². The molecule has 4 nitrogen and oxygen atoms in total. The quantitative estimate of drug-likeness (QED) is 0.552. The Kier molecular flexibility index (Phi) is 4.22. The summed E-state index contributed by atoms with van der Waals surface area (Å²) in [4.78, 5) is 2.33. The first-order valence-electron chi connectivity index (χ1n) is 5.60. The first-order valence-corrected chi connectivity index (χ1v) is 9.65. The molecule has 0 aromatic rings. The van der Waals surface area contributed by atoms with E-state index in [0.29, 0.717) is 0 Å². The third kappa shape index (κ3) is 3.04. The predicted molar refractivity (Wildman–Crippen MR) is 59.7 cm³/mol. The zero-order valence-corrected chi connectivity index (χ0v) is 11.4. The Morgan fingerprint density at radius 3 is 2.07 bits per heavy atom. The predicted octanol–water partition coefficient (Wildman–Crippen LogP) is 0.880. The van der Waals surface area contributed by atoms with Gasteiger partial charge in [0, 0.05) is 0 Å². The first-order chi connectivity index (χ1) is 7.35. The molecule has 0 aromatic heterocycles. The van der Waals surface area contributed by atoms with Crippen LogP contribution in [0.1, 0.15) is 6.92 Å². The van der Waals surface area contributed by atoms with Crippen molar-refractivity contribution in [2.45, 2.75) is 12.2 Å². The maximum absolute atomic E-state index is 5.89. The second-order valence-electron chi connectivity index (χ2n) is 3.84. The summed E-state index contributed by atoms with van der Waals surface area (Å²) in [6, 6.07) is 0. The van der Waals surface area contributed by atoms with Gasteiger partial charge in [-0.15, -0.1) is 0 Å². The molecule has 3 aliphatic rings. The van der Waals surface area contributed by atoms with Crippen LogP contribution in [0.15, 0.2) is 12.2 Å². The van der Waals surface area contributed by atoms with Gasteiger partial charge in [0.2, 0.25) is 0 Å². The fourth-order valence-electron chi connectivity index (χ4n) is 1.89. The molecule has 3 heterocycles. The van der Waals surface area contributed by atoms with Gasteiger partial charge in [0.05, 0.1) is 0 Å². The molecule has 0 unspecified atom stereocenters. The van der Waals surface area contributed by atoms with E-state index in [1.165, 1.54) is 0 Å². The average Bonchev–Trinajstić information content (AvgIpc) is 2.14. The van der Waals surface area contributed by atoms with Gasteiger partial charge in [-0.05, 0) is 0 Å². The normalized spacial score (nSPS) is 37.5. The van der Waals surface area contributed by atoms with Gasteiger partial charge in [-0.25, -0.2) is 0 Å². The third-order valence-corrected chi connectivity index (χ3v) is 8.39. The average molecular weight is 274 g/mol. The summed E-state index contributed by atoms with van der Waals surface area (Å²) >= 11 is -2.90. The van der Waals surface area contributed by atoms with Gasteiger partial charge in [0.25, 0.3) is 0 Å². The van der Waals surface area contributed by atoms with Gasteiger partial charge in [0.15, 0.2) is 0 Å². The number of hydrogen-bond acceptors (Lipinski definition) is 4. The second-order valence-corrected chi connectivity index (χ2v) is 9.38. The number of nitrogens with zero attached hydrogens (tertiary/aromatic N) is 1. The fraction of sp³-hybridized carbons (Fsp3) is 0.800. The molecule has 3 rings (SSSR count). The Balaban J connectivity index is 2.05. The van der Waals surface area contributed by atoms with Crippen molar-refractivity contribution in [1.29, 1.82) is 0 Å². The molecule has 0 aromatic carbocycles. The molecule has 0 spiro atoms. The van der Waals surface area contributed by atoms with Gasteiger partial charge in [0.1, 0.15) is 0 Å². The summed E-state index contributed by atoms with van der Waals surface area (Å²) in [5.41, 5.74) is 0. The molecule has 0 saturated carbocycles. The molecule has 3 aliphatic heterocycles. The van der Waals surface area contributed by atoms with E-state index in [9.17, 15) is 0 Å². The van der Waals surface area contributed by atoms with E-state index in [0.717, 1.165) is 44.7 Å². The van der Waals surface area contributed by atoms with Crippen LogP contribution in [0, 0.1) is 0 Å². The van der Waals surface area contributed by atoms with Crippen LogP contribution >= 0.6 is 0 Å². The number of rotatable bonds is 2. The molecule has 0 amide bonds. The van der Waals surface area contributed by atoms with Gasteiger partial charge < -0.3 is 0 Å². The number of allylic oxidation sites excluding steroid dienone is 2. The van der Waals surface area contributed by atoms with Crippen LogP contribution in [0.4, 0.5) is 0 Å². The van der Waals surface area contributed by atoms with Crippen LogP contribution in [-0.4, -0.2) is 58.6 Å². The zero-order valence-electron chi connectivity index (χ0n) is 9.28. The van der Waals surface area contributed by atoms with E-state index >= 15 is 0 Å². The van der Waals surface area contributed by atoms with Gasteiger partial charge in [-0.3, -0.25) is 0 Å². The van der Waals surface area contributed by atoms with Crippen molar-refractivity contribution in [2.24, 2.45) is 0 Å². The summed E-state index contributed by atoms with van der Waals surface area (Å²) in [6.07, 6.45) is 4.15. The van der Waals surface area contributed by atoms with Crippen LogP contribution in [-0.2, 0) is 11.3 Å². The molecule has 0 atom stereocenters. The minimum absolute atomic E-state index is 0.761. The SMILES string of the molecule is C/C=C\[CH2][Ge]12[O]CCN(CC[O]1)CC[O]2. The summed E-state index contributed by atoms with van der Waals surface area (Å²) in [5.74, 6) is 0. The second kappa shape index (κ2) is 5.45. The van der Waals surface area contributed by atoms with Crippen molar-refractivity contribution in [2.75, 3.05) is 39.5 Å².